The molecule has 0 radical (unpaired) electrons. The SMILES string of the molecule is CCCCCNc1ccc(C=O)cc1. The summed E-state index contributed by atoms with van der Waals surface area (Å²) in [7, 11) is 0. The molecular weight excluding hydrogens is 174 g/mol. The molecule has 1 aromatic carbocycles. The van der Waals surface area contributed by atoms with Gasteiger partial charge in [-0.15, -0.1) is 0 Å². The predicted molar refractivity (Wildman–Crippen MR) is 59.8 cm³/mol. The smallest absolute Gasteiger partial charge is 0.150 e. The predicted octanol–water partition coefficient (Wildman–Crippen LogP) is 3.10. The highest BCUT2D eigenvalue weighted by molar-refractivity contribution is 5.75. The summed E-state index contributed by atoms with van der Waals surface area (Å²) in [5.74, 6) is 0. The van der Waals surface area contributed by atoms with E-state index in [1.165, 1.54) is 19.3 Å². The molecule has 1 rings (SSSR count). The second-order valence-electron chi connectivity index (χ2n) is 3.37. The van der Waals surface area contributed by atoms with Crippen molar-refractivity contribution < 1.29 is 4.79 Å². The van der Waals surface area contributed by atoms with E-state index in [0.29, 0.717) is 0 Å². The minimum absolute atomic E-state index is 0.726. The molecular formula is C12H17NO. The van der Waals surface area contributed by atoms with Crippen LogP contribution < -0.4 is 5.32 Å². The Balaban J connectivity index is 2.32. The Bertz CT molecular complexity index is 266. The van der Waals surface area contributed by atoms with Crippen molar-refractivity contribution in [1.29, 1.82) is 0 Å². The highest BCUT2D eigenvalue weighted by Crippen LogP contribution is 2.08. The van der Waals surface area contributed by atoms with E-state index >= 15 is 0 Å². The monoisotopic (exact) mass is 191 g/mol. The summed E-state index contributed by atoms with van der Waals surface area (Å²) < 4.78 is 0. The van der Waals surface area contributed by atoms with Crippen molar-refractivity contribution >= 4 is 12.0 Å². The van der Waals surface area contributed by atoms with Gasteiger partial charge in [-0.25, -0.2) is 0 Å². The molecule has 1 aromatic rings. The van der Waals surface area contributed by atoms with Crippen LogP contribution in [0.5, 0.6) is 0 Å². The van der Waals surface area contributed by atoms with Crippen LogP contribution in [0.2, 0.25) is 0 Å². The van der Waals surface area contributed by atoms with Crippen molar-refractivity contribution in [2.24, 2.45) is 0 Å². The molecule has 0 atom stereocenters. The van der Waals surface area contributed by atoms with E-state index in [9.17, 15) is 4.79 Å². The van der Waals surface area contributed by atoms with Crippen molar-refractivity contribution in [3.8, 4) is 0 Å². The average molecular weight is 191 g/mol. The first-order valence-corrected chi connectivity index (χ1v) is 5.16. The molecule has 0 saturated carbocycles. The van der Waals surface area contributed by atoms with E-state index in [1.54, 1.807) is 0 Å². The number of unbranched alkanes of at least 4 members (excludes halogenated alkanes) is 2. The van der Waals surface area contributed by atoms with Crippen LogP contribution in [0.15, 0.2) is 24.3 Å². The van der Waals surface area contributed by atoms with E-state index in [4.69, 9.17) is 0 Å². The summed E-state index contributed by atoms with van der Waals surface area (Å²) in [6, 6.07) is 7.54. The zero-order valence-corrected chi connectivity index (χ0v) is 8.62. The molecule has 2 nitrogen and oxygen atoms in total. The number of nitrogens with one attached hydrogen (secondary N) is 1. The summed E-state index contributed by atoms with van der Waals surface area (Å²) in [6.07, 6.45) is 4.57. The lowest BCUT2D eigenvalue weighted by atomic mass is 10.2. The fraction of sp³-hybridized carbons (Fsp3) is 0.417. The van der Waals surface area contributed by atoms with Gasteiger partial charge in [0.25, 0.3) is 0 Å². The molecule has 0 aliphatic rings. The van der Waals surface area contributed by atoms with E-state index in [-0.39, 0.29) is 0 Å². The second kappa shape index (κ2) is 6.19. The van der Waals surface area contributed by atoms with Gasteiger partial charge < -0.3 is 5.32 Å². The molecule has 2 heteroatoms. The molecule has 0 aromatic heterocycles. The summed E-state index contributed by atoms with van der Waals surface area (Å²) in [5, 5.41) is 3.31. The zero-order chi connectivity index (χ0) is 10.2. The molecule has 14 heavy (non-hydrogen) atoms. The Labute approximate surface area is 85.3 Å². The average Bonchev–Trinajstić information content (AvgIpc) is 2.25. The minimum Gasteiger partial charge on any atom is -0.385 e. The van der Waals surface area contributed by atoms with Crippen molar-refractivity contribution in [3.05, 3.63) is 29.8 Å². The lowest BCUT2D eigenvalue weighted by Crippen LogP contribution is -2.00. The third kappa shape index (κ3) is 3.60. The fourth-order valence-corrected chi connectivity index (χ4v) is 1.29. The highest BCUT2D eigenvalue weighted by Gasteiger charge is 1.92. The number of rotatable bonds is 6. The molecule has 0 spiro atoms. The Morgan fingerprint density at radius 1 is 1.21 bits per heavy atom. The van der Waals surface area contributed by atoms with Gasteiger partial charge in [-0.2, -0.15) is 0 Å². The third-order valence-corrected chi connectivity index (χ3v) is 2.16. The lowest BCUT2D eigenvalue weighted by molar-refractivity contribution is 0.112. The normalized spacial score (nSPS) is 9.79. The number of hydrogen-bond acceptors (Lipinski definition) is 2. The van der Waals surface area contributed by atoms with Gasteiger partial charge in [-0.1, -0.05) is 19.8 Å². The van der Waals surface area contributed by atoms with Gasteiger partial charge in [-0.05, 0) is 30.7 Å². The van der Waals surface area contributed by atoms with Crippen LogP contribution in [0.25, 0.3) is 0 Å². The first-order chi connectivity index (χ1) is 6.86. The van der Waals surface area contributed by atoms with Gasteiger partial charge in [0.05, 0.1) is 0 Å². The molecule has 0 saturated heterocycles. The van der Waals surface area contributed by atoms with Gasteiger partial charge in [0, 0.05) is 17.8 Å². The number of carbonyl (C=O) groups excluding carboxylic acids is 1. The molecule has 0 amide bonds. The lowest BCUT2D eigenvalue weighted by Gasteiger charge is -2.05. The van der Waals surface area contributed by atoms with Gasteiger partial charge in [0.2, 0.25) is 0 Å². The van der Waals surface area contributed by atoms with Crippen LogP contribution in [-0.4, -0.2) is 12.8 Å². The Morgan fingerprint density at radius 3 is 2.50 bits per heavy atom. The third-order valence-electron chi connectivity index (χ3n) is 2.16. The molecule has 0 aliphatic heterocycles. The Kier molecular flexibility index (Phi) is 4.76. The minimum atomic E-state index is 0.726. The maximum absolute atomic E-state index is 10.4. The molecule has 0 aliphatic carbocycles. The zero-order valence-electron chi connectivity index (χ0n) is 8.62. The maximum Gasteiger partial charge on any atom is 0.150 e. The topological polar surface area (TPSA) is 29.1 Å². The van der Waals surface area contributed by atoms with Crippen LogP contribution in [0.4, 0.5) is 5.69 Å². The van der Waals surface area contributed by atoms with E-state index < -0.39 is 0 Å². The number of carbonyl (C=O) groups is 1. The highest BCUT2D eigenvalue weighted by atomic mass is 16.1. The summed E-state index contributed by atoms with van der Waals surface area (Å²) in [6.45, 7) is 3.20. The van der Waals surface area contributed by atoms with E-state index in [1.807, 2.05) is 24.3 Å². The van der Waals surface area contributed by atoms with Crippen LogP contribution in [0.1, 0.15) is 36.5 Å². The van der Waals surface area contributed by atoms with Crippen molar-refractivity contribution in [1.82, 2.24) is 0 Å². The Morgan fingerprint density at radius 2 is 1.93 bits per heavy atom. The number of aldehydes is 1. The van der Waals surface area contributed by atoms with E-state index in [0.717, 1.165) is 24.1 Å². The molecule has 0 unspecified atom stereocenters. The van der Waals surface area contributed by atoms with Gasteiger partial charge >= 0.3 is 0 Å². The maximum atomic E-state index is 10.4. The standard InChI is InChI=1S/C12H17NO/c1-2-3-4-9-13-12-7-5-11(10-14)6-8-12/h5-8,10,13H,2-4,9H2,1H3. The van der Waals surface area contributed by atoms with E-state index in [2.05, 4.69) is 12.2 Å². The number of anilines is 1. The second-order valence-corrected chi connectivity index (χ2v) is 3.37. The van der Waals surface area contributed by atoms with Crippen LogP contribution in [-0.2, 0) is 0 Å². The van der Waals surface area contributed by atoms with Crippen LogP contribution in [0.3, 0.4) is 0 Å². The Hall–Kier alpha value is -1.31. The first-order valence-electron chi connectivity index (χ1n) is 5.16. The van der Waals surface area contributed by atoms with Crippen LogP contribution >= 0.6 is 0 Å². The molecule has 1 N–H and O–H groups in total. The van der Waals surface area contributed by atoms with Crippen molar-refractivity contribution in [2.45, 2.75) is 26.2 Å². The van der Waals surface area contributed by atoms with Crippen molar-refractivity contribution in [2.75, 3.05) is 11.9 Å². The molecule has 0 fully saturated rings. The summed E-state index contributed by atoms with van der Waals surface area (Å²) >= 11 is 0. The molecule has 0 heterocycles. The quantitative estimate of drug-likeness (QED) is 0.553. The van der Waals surface area contributed by atoms with Crippen molar-refractivity contribution in [3.63, 3.8) is 0 Å². The summed E-state index contributed by atoms with van der Waals surface area (Å²) in [5.41, 5.74) is 1.82. The number of benzene rings is 1. The molecule has 0 bridgehead atoms. The largest absolute Gasteiger partial charge is 0.385 e. The number of hydrogen-bond donors (Lipinski definition) is 1. The van der Waals surface area contributed by atoms with Crippen LogP contribution in [0, 0.1) is 0 Å². The summed E-state index contributed by atoms with van der Waals surface area (Å²) in [4.78, 5) is 10.4. The first kappa shape index (κ1) is 10.8. The fourth-order valence-electron chi connectivity index (χ4n) is 1.29. The van der Waals surface area contributed by atoms with Gasteiger partial charge in [0.1, 0.15) is 6.29 Å². The van der Waals surface area contributed by atoms with Gasteiger partial charge in [0.15, 0.2) is 0 Å². The van der Waals surface area contributed by atoms with Gasteiger partial charge in [-0.3, -0.25) is 4.79 Å². The molecule has 76 valence electrons.